The van der Waals surface area contributed by atoms with Gasteiger partial charge in [0.1, 0.15) is 0 Å². The van der Waals surface area contributed by atoms with Crippen LogP contribution in [0.3, 0.4) is 0 Å². The number of fused-ring (bicyclic) bond motifs is 4. The van der Waals surface area contributed by atoms with Crippen LogP contribution in [0.15, 0.2) is 53.4 Å². The molecule has 0 unspecified atom stereocenters. The summed E-state index contributed by atoms with van der Waals surface area (Å²) in [7, 11) is -4.11. The second-order valence-corrected chi connectivity index (χ2v) is 13.7. The number of carbonyl (C=O) groups excluding carboxylic acids is 2. The predicted octanol–water partition coefficient (Wildman–Crippen LogP) is 4.44. The van der Waals surface area contributed by atoms with E-state index in [-0.39, 0.29) is 33.6 Å². The SMILES string of the molecule is Cc1cccc(C)c1-c1cc2nc(n1)NS(=O)(=O)c1cccc(c1)C(=O)NC1(CCN(C(=O)CC(C)(C)C)CC1)O2. The molecule has 4 bridgehead atoms. The topological polar surface area (TPSA) is 131 Å². The van der Waals surface area contributed by atoms with Crippen molar-refractivity contribution in [1.82, 2.24) is 20.2 Å². The lowest BCUT2D eigenvalue weighted by atomic mass is 9.90. The minimum absolute atomic E-state index is 0.0515. The Morgan fingerprint density at radius 2 is 1.68 bits per heavy atom. The van der Waals surface area contributed by atoms with E-state index in [0.717, 1.165) is 16.7 Å². The van der Waals surface area contributed by atoms with Gasteiger partial charge >= 0.3 is 0 Å². The lowest BCUT2D eigenvalue weighted by Crippen LogP contribution is -2.59. The second kappa shape index (κ2) is 10.4. The molecule has 2 aromatic carbocycles. The first kappa shape index (κ1) is 28.5. The second-order valence-electron chi connectivity index (χ2n) is 12.0. The van der Waals surface area contributed by atoms with Gasteiger partial charge in [-0.15, -0.1) is 0 Å². The number of benzene rings is 2. The van der Waals surface area contributed by atoms with E-state index < -0.39 is 21.7 Å². The minimum atomic E-state index is -4.11. The van der Waals surface area contributed by atoms with E-state index in [1.165, 1.54) is 18.2 Å². The Morgan fingerprint density at radius 3 is 2.34 bits per heavy atom. The van der Waals surface area contributed by atoms with Crippen molar-refractivity contribution in [3.63, 3.8) is 0 Å². The molecule has 0 saturated carbocycles. The molecule has 2 aliphatic heterocycles. The zero-order chi connectivity index (χ0) is 29.6. The first-order valence-electron chi connectivity index (χ1n) is 13.6. The summed E-state index contributed by atoms with van der Waals surface area (Å²) in [4.78, 5) is 37.1. The number of likely N-dealkylation sites (tertiary alicyclic amines) is 1. The summed E-state index contributed by atoms with van der Waals surface area (Å²) in [6, 6.07) is 13.3. The van der Waals surface area contributed by atoms with Crippen molar-refractivity contribution in [3.05, 3.63) is 65.2 Å². The fraction of sp³-hybridized carbons (Fsp3) is 0.400. The van der Waals surface area contributed by atoms with Crippen LogP contribution in [-0.4, -0.2) is 53.9 Å². The number of sulfonamides is 1. The Morgan fingerprint density at radius 1 is 1.02 bits per heavy atom. The van der Waals surface area contributed by atoms with Crippen LogP contribution in [0.1, 0.15) is 61.5 Å². The van der Waals surface area contributed by atoms with Crippen LogP contribution in [0.25, 0.3) is 11.3 Å². The Kier molecular flexibility index (Phi) is 7.27. The molecule has 0 atom stereocenters. The number of aromatic nitrogens is 2. The van der Waals surface area contributed by atoms with Crippen molar-refractivity contribution >= 4 is 27.8 Å². The van der Waals surface area contributed by atoms with Crippen molar-refractivity contribution in [1.29, 1.82) is 0 Å². The third-order valence-electron chi connectivity index (χ3n) is 7.32. The number of hydrogen-bond acceptors (Lipinski definition) is 7. The Labute approximate surface area is 240 Å². The smallest absolute Gasteiger partial charge is 0.264 e. The quantitative estimate of drug-likeness (QED) is 0.461. The fourth-order valence-corrected chi connectivity index (χ4v) is 6.26. The molecule has 3 heterocycles. The number of piperidine rings is 1. The molecule has 1 aromatic heterocycles. The summed E-state index contributed by atoms with van der Waals surface area (Å²) < 4.78 is 35.5. The highest BCUT2D eigenvalue weighted by Crippen LogP contribution is 2.33. The molecule has 2 amide bonds. The molecule has 2 aliphatic rings. The van der Waals surface area contributed by atoms with Crippen LogP contribution < -0.4 is 14.8 Å². The number of aryl methyl sites for hydroxylation is 2. The Hall–Kier alpha value is -3.99. The largest absolute Gasteiger partial charge is 0.451 e. The van der Waals surface area contributed by atoms with Gasteiger partial charge in [0.25, 0.3) is 15.9 Å². The number of amides is 2. The van der Waals surface area contributed by atoms with Gasteiger partial charge < -0.3 is 15.0 Å². The molecule has 10 nitrogen and oxygen atoms in total. The molecule has 1 fully saturated rings. The molecule has 1 spiro atoms. The summed E-state index contributed by atoms with van der Waals surface area (Å²) in [5, 5.41) is 3.01. The average molecular weight is 578 g/mol. The lowest BCUT2D eigenvalue weighted by molar-refractivity contribution is -0.137. The van der Waals surface area contributed by atoms with Gasteiger partial charge in [-0.3, -0.25) is 9.59 Å². The highest BCUT2D eigenvalue weighted by molar-refractivity contribution is 7.92. The fourth-order valence-electron chi connectivity index (χ4n) is 5.27. The summed E-state index contributed by atoms with van der Waals surface area (Å²) in [5.74, 6) is -0.475. The number of carbonyl (C=O) groups is 2. The van der Waals surface area contributed by atoms with Gasteiger partial charge in [0.2, 0.25) is 17.7 Å². The van der Waals surface area contributed by atoms with Crippen LogP contribution >= 0.6 is 0 Å². The van der Waals surface area contributed by atoms with Crippen LogP contribution in [0.4, 0.5) is 5.95 Å². The summed E-state index contributed by atoms with van der Waals surface area (Å²) in [6.45, 7) is 10.7. The van der Waals surface area contributed by atoms with Gasteiger partial charge in [0.15, 0.2) is 5.72 Å². The number of nitrogens with one attached hydrogen (secondary N) is 2. The monoisotopic (exact) mass is 577 g/mol. The number of anilines is 1. The molecule has 216 valence electrons. The summed E-state index contributed by atoms with van der Waals surface area (Å²) in [5.41, 5.74) is 2.04. The van der Waals surface area contributed by atoms with Crippen LogP contribution in [-0.2, 0) is 14.8 Å². The van der Waals surface area contributed by atoms with Gasteiger partial charge in [0.05, 0.1) is 10.6 Å². The third kappa shape index (κ3) is 6.19. The average Bonchev–Trinajstić information content (AvgIpc) is 2.87. The summed E-state index contributed by atoms with van der Waals surface area (Å²) in [6.07, 6.45) is 1.05. The van der Waals surface area contributed by atoms with Crippen LogP contribution in [0, 0.1) is 19.3 Å². The maximum atomic E-state index is 13.5. The first-order valence-corrected chi connectivity index (χ1v) is 15.1. The van der Waals surface area contributed by atoms with Crippen molar-refractivity contribution in [3.8, 4) is 17.1 Å². The van der Waals surface area contributed by atoms with Gasteiger partial charge in [-0.1, -0.05) is 45.0 Å². The standard InChI is InChI=1S/C30H35N5O5S/c1-19-8-6-9-20(2)26(19)23-17-24-32-28(31-23)34-41(38,39)22-11-7-10-21(16-22)27(37)33-30(40-24)12-14-35(15-13-30)25(36)18-29(3,4)5/h6-11,16-17H,12-15,18H2,1-5H3,(H,33,37)(H,31,32,34). The number of rotatable bonds is 2. The molecule has 0 radical (unpaired) electrons. The summed E-state index contributed by atoms with van der Waals surface area (Å²) >= 11 is 0. The highest BCUT2D eigenvalue weighted by Gasteiger charge is 2.41. The molecule has 1 saturated heterocycles. The minimum Gasteiger partial charge on any atom is -0.451 e. The molecule has 0 aliphatic carbocycles. The van der Waals surface area contributed by atoms with Crippen molar-refractivity contribution in [2.75, 3.05) is 17.8 Å². The zero-order valence-corrected chi connectivity index (χ0v) is 24.8. The predicted molar refractivity (Wildman–Crippen MR) is 155 cm³/mol. The van der Waals surface area contributed by atoms with Gasteiger partial charge in [-0.05, 0) is 48.6 Å². The molecule has 3 aromatic rings. The van der Waals surface area contributed by atoms with E-state index in [4.69, 9.17) is 4.74 Å². The van der Waals surface area contributed by atoms with E-state index in [0.29, 0.717) is 38.0 Å². The number of ether oxygens (including phenoxy) is 1. The maximum absolute atomic E-state index is 13.5. The van der Waals surface area contributed by atoms with E-state index in [9.17, 15) is 18.0 Å². The highest BCUT2D eigenvalue weighted by atomic mass is 32.2. The van der Waals surface area contributed by atoms with E-state index in [1.54, 1.807) is 17.0 Å². The molecule has 11 heteroatoms. The maximum Gasteiger partial charge on any atom is 0.264 e. The normalized spacial score (nSPS) is 17.9. The third-order valence-corrected chi connectivity index (χ3v) is 8.64. The number of hydrogen-bond donors (Lipinski definition) is 2. The van der Waals surface area contributed by atoms with Crippen LogP contribution in [0.2, 0.25) is 0 Å². The molecular formula is C30H35N5O5S. The van der Waals surface area contributed by atoms with Crippen molar-refractivity contribution in [2.24, 2.45) is 5.41 Å². The lowest BCUT2D eigenvalue weighted by Gasteiger charge is -2.42. The molecule has 5 rings (SSSR count). The number of nitrogens with zero attached hydrogens (tertiary/aromatic N) is 3. The van der Waals surface area contributed by atoms with Gasteiger partial charge in [-0.25, -0.2) is 18.1 Å². The van der Waals surface area contributed by atoms with Gasteiger partial charge in [-0.2, -0.15) is 4.98 Å². The van der Waals surface area contributed by atoms with Crippen molar-refractivity contribution in [2.45, 2.75) is 64.5 Å². The van der Waals surface area contributed by atoms with Crippen LogP contribution in [0.5, 0.6) is 5.88 Å². The van der Waals surface area contributed by atoms with Crippen molar-refractivity contribution < 1.29 is 22.7 Å². The molecular weight excluding hydrogens is 542 g/mol. The first-order chi connectivity index (χ1) is 19.2. The Balaban J connectivity index is 1.59. The molecule has 2 N–H and O–H groups in total. The Bertz CT molecular complexity index is 1600. The van der Waals surface area contributed by atoms with E-state index in [1.807, 2.05) is 52.8 Å². The zero-order valence-electron chi connectivity index (χ0n) is 23.9. The van der Waals surface area contributed by atoms with E-state index >= 15 is 0 Å². The van der Waals surface area contributed by atoms with E-state index in [2.05, 4.69) is 20.0 Å². The molecule has 41 heavy (non-hydrogen) atoms. The van der Waals surface area contributed by atoms with Gasteiger partial charge in [0, 0.05) is 49.5 Å².